The van der Waals surface area contributed by atoms with E-state index in [0.717, 1.165) is 12.1 Å². The van der Waals surface area contributed by atoms with Crippen LogP contribution in [0.5, 0.6) is 23.5 Å². The first-order valence-electron chi connectivity index (χ1n) is 17.0. The van der Waals surface area contributed by atoms with E-state index in [1.807, 2.05) is 0 Å². The van der Waals surface area contributed by atoms with Crippen molar-refractivity contribution >= 4 is 67.6 Å². The van der Waals surface area contributed by atoms with E-state index in [9.17, 15) is 36.2 Å². The Labute approximate surface area is 331 Å². The molecular weight excluding hydrogens is 797 g/mol. The first kappa shape index (κ1) is 40.8. The van der Waals surface area contributed by atoms with Gasteiger partial charge in [-0.2, -0.15) is 46.7 Å². The van der Waals surface area contributed by atoms with Gasteiger partial charge in [0.2, 0.25) is 23.8 Å². The van der Waals surface area contributed by atoms with Crippen LogP contribution in [0.4, 0.5) is 35.2 Å². The third-order valence-corrected chi connectivity index (χ3v) is 9.28. The first-order valence-corrected chi connectivity index (χ1v) is 19.9. The molecule has 0 saturated carbocycles. The highest BCUT2D eigenvalue weighted by molar-refractivity contribution is 7.86. The van der Waals surface area contributed by atoms with Crippen molar-refractivity contribution in [1.29, 1.82) is 0 Å². The maximum atomic E-state index is 12.6. The minimum absolute atomic E-state index is 0.0397. The zero-order chi connectivity index (χ0) is 41.1. The molecule has 0 aliphatic rings. The highest BCUT2D eigenvalue weighted by Gasteiger charge is 2.19. The molecule has 6 aromatic rings. The van der Waals surface area contributed by atoms with Gasteiger partial charge in [0.25, 0.3) is 20.2 Å². The molecule has 0 unspecified atom stereocenters. The van der Waals surface area contributed by atoms with Gasteiger partial charge in [-0.15, -0.1) is 0 Å². The average molecular weight is 831 g/mol. The fourth-order valence-corrected chi connectivity index (χ4v) is 6.40. The molecule has 0 radical (unpaired) electrons. The second-order valence-corrected chi connectivity index (χ2v) is 14.5. The number of nitrogens with zero attached hydrogens (tertiary/aromatic N) is 6. The van der Waals surface area contributed by atoms with E-state index in [4.69, 9.17) is 9.47 Å². The van der Waals surface area contributed by atoms with Crippen LogP contribution < -0.4 is 30.7 Å². The molecule has 0 atom stereocenters. The molecule has 0 spiro atoms. The minimum atomic E-state index is -4.87. The number of aromatic nitrogens is 6. The van der Waals surface area contributed by atoms with Gasteiger partial charge >= 0.3 is 12.0 Å². The molecule has 0 aliphatic carbocycles. The van der Waals surface area contributed by atoms with Crippen molar-refractivity contribution in [2.45, 2.75) is 9.79 Å². The third kappa shape index (κ3) is 11.4. The Morgan fingerprint density at radius 3 is 1.26 bits per heavy atom. The Morgan fingerprint density at radius 1 is 0.517 bits per heavy atom. The number of nitrogens with one attached hydrogen (secondary N) is 4. The molecule has 300 valence electrons. The first-order chi connectivity index (χ1) is 27.9. The molecule has 2 heterocycles. The average Bonchev–Trinajstić information content (AvgIpc) is 3.19. The predicted octanol–water partition coefficient (Wildman–Crippen LogP) is 4.60. The fraction of sp³-hybridized carbons (Fsp3) is 0.111. The number of rotatable bonds is 18. The normalized spacial score (nSPS) is 11.6. The van der Waals surface area contributed by atoms with Crippen LogP contribution >= 0.6 is 0 Å². The molecule has 58 heavy (non-hydrogen) atoms. The van der Waals surface area contributed by atoms with E-state index in [2.05, 4.69) is 51.2 Å². The Balaban J connectivity index is 1.27. The minimum Gasteiger partial charge on any atom is -0.424 e. The lowest BCUT2D eigenvalue weighted by Crippen LogP contribution is -2.11. The standard InChI is InChI=1S/C36H34N10O10S2/c47-19-17-37-31-41-33(45-35(43-31)55-27-7-3-1-4-8-27)39-25-15-13-23(29(21-25)57(49,50)51)11-12-24-14-16-26(22-30(24)58(52,53)54)40-34-42-32(38-18-20-48)44-36(46-34)56-28-9-5-2-6-10-28/h1-16,21-22,47-48H,17-20H2,(H,49,50,51)(H,52,53,54)(H2,37,39,41,43,45)(H2,38,40,42,44,46). The van der Waals surface area contributed by atoms with Gasteiger partial charge in [-0.3, -0.25) is 9.11 Å². The van der Waals surface area contributed by atoms with Crippen molar-refractivity contribution in [3.63, 3.8) is 0 Å². The van der Waals surface area contributed by atoms with Gasteiger partial charge < -0.3 is 41.0 Å². The molecule has 6 rings (SSSR count). The van der Waals surface area contributed by atoms with Crippen molar-refractivity contribution in [2.24, 2.45) is 0 Å². The SMILES string of the molecule is O=S(=O)(O)c1cc(Nc2nc(NCCO)nc(Oc3ccccc3)n2)ccc1C=Cc1ccc(Nc2nc(NCCO)nc(Oc3ccccc3)n2)cc1S(=O)(=O)O. The topological polar surface area (TPSA) is 293 Å². The van der Waals surface area contributed by atoms with Crippen LogP contribution in [-0.4, -0.2) is 92.4 Å². The summed E-state index contributed by atoms with van der Waals surface area (Å²) in [5, 5.41) is 29.8. The molecule has 0 fully saturated rings. The van der Waals surface area contributed by atoms with Gasteiger partial charge in [-0.25, -0.2) is 0 Å². The number of anilines is 6. The summed E-state index contributed by atoms with van der Waals surface area (Å²) in [6.45, 7) is -0.228. The molecular formula is C36H34N10O10S2. The summed E-state index contributed by atoms with van der Waals surface area (Å²) >= 11 is 0. The summed E-state index contributed by atoms with van der Waals surface area (Å²) in [7, 11) is -9.74. The van der Waals surface area contributed by atoms with Gasteiger partial charge in [-0.1, -0.05) is 60.7 Å². The summed E-state index contributed by atoms with van der Waals surface area (Å²) in [6, 6.07) is 24.8. The molecule has 0 amide bonds. The van der Waals surface area contributed by atoms with Gasteiger partial charge in [0, 0.05) is 24.5 Å². The van der Waals surface area contributed by atoms with Crippen LogP contribution in [0.15, 0.2) is 107 Å². The van der Waals surface area contributed by atoms with Crippen molar-refractivity contribution < 1.29 is 45.6 Å². The molecule has 8 N–H and O–H groups in total. The van der Waals surface area contributed by atoms with Crippen molar-refractivity contribution in [3.05, 3.63) is 108 Å². The predicted molar refractivity (Wildman–Crippen MR) is 212 cm³/mol. The monoisotopic (exact) mass is 830 g/mol. The fourth-order valence-electron chi connectivity index (χ4n) is 4.98. The second kappa shape index (κ2) is 18.4. The summed E-state index contributed by atoms with van der Waals surface area (Å²) < 4.78 is 82.0. The van der Waals surface area contributed by atoms with Crippen LogP contribution in [0.3, 0.4) is 0 Å². The summed E-state index contributed by atoms with van der Waals surface area (Å²) in [5.41, 5.74) is 0.137. The third-order valence-electron chi connectivity index (χ3n) is 7.46. The van der Waals surface area contributed by atoms with Gasteiger partial charge in [0.05, 0.1) is 13.2 Å². The Kier molecular flexibility index (Phi) is 13.0. The van der Waals surface area contributed by atoms with Crippen LogP contribution in [0.2, 0.25) is 0 Å². The zero-order valence-electron chi connectivity index (χ0n) is 30.0. The van der Waals surface area contributed by atoms with Gasteiger partial charge in [0.15, 0.2) is 0 Å². The Morgan fingerprint density at radius 2 is 0.897 bits per heavy atom. The molecule has 2 aromatic heterocycles. The molecule has 0 saturated heterocycles. The largest absolute Gasteiger partial charge is 0.424 e. The van der Waals surface area contributed by atoms with E-state index in [1.165, 1.54) is 36.4 Å². The van der Waals surface area contributed by atoms with Gasteiger partial charge in [-0.05, 0) is 59.7 Å². The highest BCUT2D eigenvalue weighted by atomic mass is 32.2. The molecule has 20 nitrogen and oxygen atoms in total. The lowest BCUT2D eigenvalue weighted by atomic mass is 10.1. The zero-order valence-corrected chi connectivity index (χ0v) is 31.6. The number of hydrogen-bond acceptors (Lipinski definition) is 18. The maximum Gasteiger partial charge on any atom is 0.328 e. The van der Waals surface area contributed by atoms with Crippen molar-refractivity contribution in [3.8, 4) is 23.5 Å². The summed E-state index contributed by atoms with van der Waals surface area (Å²) in [4.78, 5) is 24.1. The quantitative estimate of drug-likeness (QED) is 0.0434. The molecule has 22 heteroatoms. The highest BCUT2D eigenvalue weighted by Crippen LogP contribution is 2.29. The van der Waals surface area contributed by atoms with Crippen LogP contribution in [0, 0.1) is 0 Å². The van der Waals surface area contributed by atoms with Gasteiger partial charge in [0.1, 0.15) is 21.3 Å². The molecule has 0 bridgehead atoms. The number of benzene rings is 4. The number of hydrogen-bond donors (Lipinski definition) is 8. The van der Waals surface area contributed by atoms with Crippen LogP contribution in [-0.2, 0) is 20.2 Å². The summed E-state index contributed by atoms with van der Waals surface area (Å²) in [6.07, 6.45) is 2.46. The Hall–Kier alpha value is -6.82. The van der Waals surface area contributed by atoms with Crippen molar-refractivity contribution in [2.75, 3.05) is 47.6 Å². The van der Waals surface area contributed by atoms with Crippen LogP contribution in [0.25, 0.3) is 12.2 Å². The lowest BCUT2D eigenvalue weighted by molar-refractivity contribution is 0.310. The van der Waals surface area contributed by atoms with Crippen LogP contribution in [0.1, 0.15) is 11.1 Å². The lowest BCUT2D eigenvalue weighted by Gasteiger charge is -2.12. The number of para-hydroxylation sites is 2. The number of aliphatic hydroxyl groups excluding tert-OH is 2. The van der Waals surface area contributed by atoms with E-state index < -0.39 is 30.0 Å². The molecule has 0 aliphatic heterocycles. The number of ether oxygens (including phenoxy) is 2. The molecule has 4 aromatic carbocycles. The van der Waals surface area contributed by atoms with E-state index in [0.29, 0.717) is 11.5 Å². The van der Waals surface area contributed by atoms with E-state index in [-0.39, 0.29) is 84.6 Å². The Bertz CT molecular complexity index is 2440. The van der Waals surface area contributed by atoms with E-state index >= 15 is 0 Å². The van der Waals surface area contributed by atoms with Crippen molar-refractivity contribution in [1.82, 2.24) is 29.9 Å². The number of aliphatic hydroxyl groups is 2. The second-order valence-electron chi connectivity index (χ2n) is 11.7. The maximum absolute atomic E-state index is 12.6. The summed E-state index contributed by atoms with van der Waals surface area (Å²) in [5.74, 6) is 0.774. The van der Waals surface area contributed by atoms with E-state index in [1.54, 1.807) is 60.7 Å². The smallest absolute Gasteiger partial charge is 0.328 e.